The smallest absolute Gasteiger partial charge is 0.236 e. The first-order valence-electron chi connectivity index (χ1n) is 6.25. The molecule has 100 valence electrons. The molecule has 1 atom stereocenters. The predicted octanol–water partition coefficient (Wildman–Crippen LogP) is 2.59. The van der Waals surface area contributed by atoms with Gasteiger partial charge in [-0.15, -0.1) is 0 Å². The van der Waals surface area contributed by atoms with Crippen LogP contribution in [0.5, 0.6) is 0 Å². The van der Waals surface area contributed by atoms with Gasteiger partial charge in [-0.1, -0.05) is 43.6 Å². The van der Waals surface area contributed by atoms with Crippen molar-refractivity contribution in [1.29, 1.82) is 0 Å². The van der Waals surface area contributed by atoms with Crippen LogP contribution in [0, 0.1) is 5.92 Å². The molecule has 0 aliphatic carbocycles. The largest absolute Gasteiger partial charge is 0.354 e. The highest BCUT2D eigenvalue weighted by Gasteiger charge is 2.12. The maximum absolute atomic E-state index is 11.7. The lowest BCUT2D eigenvalue weighted by atomic mass is 10.2. The van der Waals surface area contributed by atoms with Crippen LogP contribution in [0.1, 0.15) is 26.3 Å². The summed E-state index contributed by atoms with van der Waals surface area (Å²) >= 11 is 6.05. The van der Waals surface area contributed by atoms with Crippen LogP contribution in [0.15, 0.2) is 24.3 Å². The molecule has 18 heavy (non-hydrogen) atoms. The Hall–Kier alpha value is -1.06. The van der Waals surface area contributed by atoms with E-state index < -0.39 is 0 Å². The fraction of sp³-hybridized carbons (Fsp3) is 0.500. The third kappa shape index (κ3) is 5.07. The number of carbonyl (C=O) groups is 1. The van der Waals surface area contributed by atoms with Gasteiger partial charge < -0.3 is 10.6 Å². The number of hydrogen-bond donors (Lipinski definition) is 2. The van der Waals surface area contributed by atoms with Crippen molar-refractivity contribution in [1.82, 2.24) is 10.6 Å². The van der Waals surface area contributed by atoms with Crippen LogP contribution in [0.2, 0.25) is 5.02 Å². The van der Waals surface area contributed by atoms with Gasteiger partial charge in [0.25, 0.3) is 0 Å². The summed E-state index contributed by atoms with van der Waals surface area (Å²) < 4.78 is 0. The van der Waals surface area contributed by atoms with E-state index in [1.54, 1.807) is 0 Å². The van der Waals surface area contributed by atoms with Crippen molar-refractivity contribution < 1.29 is 4.79 Å². The van der Waals surface area contributed by atoms with Gasteiger partial charge in [0, 0.05) is 18.1 Å². The quantitative estimate of drug-likeness (QED) is 0.833. The van der Waals surface area contributed by atoms with E-state index in [9.17, 15) is 4.79 Å². The van der Waals surface area contributed by atoms with Crippen LogP contribution in [0.25, 0.3) is 0 Å². The first kappa shape index (κ1) is 15.0. The zero-order valence-corrected chi connectivity index (χ0v) is 11.9. The van der Waals surface area contributed by atoms with Gasteiger partial charge >= 0.3 is 0 Å². The highest BCUT2D eigenvalue weighted by atomic mass is 35.5. The first-order chi connectivity index (χ1) is 8.50. The molecule has 0 bridgehead atoms. The molecule has 0 aliphatic heterocycles. The van der Waals surface area contributed by atoms with E-state index in [1.807, 2.05) is 31.2 Å². The number of nitrogens with one attached hydrogen (secondary N) is 2. The second-order valence-corrected chi connectivity index (χ2v) is 5.24. The molecule has 1 amide bonds. The van der Waals surface area contributed by atoms with Gasteiger partial charge in [0.05, 0.1) is 6.04 Å². The summed E-state index contributed by atoms with van der Waals surface area (Å²) in [4.78, 5) is 11.7. The number of benzene rings is 1. The van der Waals surface area contributed by atoms with E-state index in [1.165, 1.54) is 0 Å². The van der Waals surface area contributed by atoms with E-state index in [0.717, 1.165) is 10.6 Å². The Morgan fingerprint density at radius 3 is 2.56 bits per heavy atom. The van der Waals surface area contributed by atoms with Gasteiger partial charge in [0.2, 0.25) is 5.91 Å². The molecule has 1 rings (SSSR count). The standard InChI is InChI=1S/C14H21ClN2O/c1-10(2)8-17-14(18)11(3)16-9-12-6-4-5-7-13(12)15/h4-7,10-11,16H,8-9H2,1-3H3,(H,17,18). The summed E-state index contributed by atoms with van der Waals surface area (Å²) in [5, 5.41) is 6.79. The minimum absolute atomic E-state index is 0.0238. The molecule has 0 fully saturated rings. The highest BCUT2D eigenvalue weighted by molar-refractivity contribution is 6.31. The summed E-state index contributed by atoms with van der Waals surface area (Å²) in [6.45, 7) is 7.30. The summed E-state index contributed by atoms with van der Waals surface area (Å²) in [6.07, 6.45) is 0. The molecule has 0 saturated carbocycles. The second kappa shape index (κ2) is 7.39. The molecule has 1 unspecified atom stereocenters. The normalized spacial score (nSPS) is 12.5. The maximum Gasteiger partial charge on any atom is 0.236 e. The molecule has 0 spiro atoms. The Morgan fingerprint density at radius 2 is 1.94 bits per heavy atom. The minimum Gasteiger partial charge on any atom is -0.354 e. The number of amides is 1. The lowest BCUT2D eigenvalue weighted by Gasteiger charge is -2.15. The van der Waals surface area contributed by atoms with Crippen LogP contribution >= 0.6 is 11.6 Å². The van der Waals surface area contributed by atoms with E-state index in [-0.39, 0.29) is 11.9 Å². The Morgan fingerprint density at radius 1 is 1.28 bits per heavy atom. The number of halogens is 1. The van der Waals surface area contributed by atoms with Crippen LogP contribution in [-0.4, -0.2) is 18.5 Å². The van der Waals surface area contributed by atoms with Gasteiger partial charge in [0.15, 0.2) is 0 Å². The summed E-state index contributed by atoms with van der Waals surface area (Å²) in [5.74, 6) is 0.487. The van der Waals surface area contributed by atoms with Gasteiger partial charge in [0.1, 0.15) is 0 Å². The summed E-state index contributed by atoms with van der Waals surface area (Å²) in [5.41, 5.74) is 1.00. The monoisotopic (exact) mass is 268 g/mol. The molecule has 0 aliphatic rings. The molecular weight excluding hydrogens is 248 g/mol. The summed E-state index contributed by atoms with van der Waals surface area (Å²) in [6, 6.07) is 7.41. The molecule has 3 nitrogen and oxygen atoms in total. The number of carbonyl (C=O) groups excluding carboxylic acids is 1. The third-order valence-electron chi connectivity index (χ3n) is 2.63. The van der Waals surface area contributed by atoms with Crippen molar-refractivity contribution in [2.24, 2.45) is 5.92 Å². The van der Waals surface area contributed by atoms with Gasteiger partial charge in [-0.2, -0.15) is 0 Å². The second-order valence-electron chi connectivity index (χ2n) is 4.83. The van der Waals surface area contributed by atoms with Crippen LogP contribution in [-0.2, 0) is 11.3 Å². The summed E-state index contributed by atoms with van der Waals surface area (Å²) in [7, 11) is 0. The fourth-order valence-electron chi connectivity index (χ4n) is 1.46. The van der Waals surface area contributed by atoms with Gasteiger partial charge in [-0.25, -0.2) is 0 Å². The van der Waals surface area contributed by atoms with Crippen molar-refractivity contribution in [3.63, 3.8) is 0 Å². The van der Waals surface area contributed by atoms with Gasteiger partial charge in [-0.3, -0.25) is 4.79 Å². The van der Waals surface area contributed by atoms with Crippen molar-refractivity contribution >= 4 is 17.5 Å². The number of hydrogen-bond acceptors (Lipinski definition) is 2. The average molecular weight is 269 g/mol. The molecule has 1 aromatic carbocycles. The van der Waals surface area contributed by atoms with Crippen LogP contribution in [0.3, 0.4) is 0 Å². The molecule has 0 saturated heterocycles. The van der Waals surface area contributed by atoms with Crippen LogP contribution in [0.4, 0.5) is 0 Å². The van der Waals surface area contributed by atoms with Crippen molar-refractivity contribution in [2.45, 2.75) is 33.4 Å². The third-order valence-corrected chi connectivity index (χ3v) is 3.00. The lowest BCUT2D eigenvalue weighted by Crippen LogP contribution is -2.43. The van der Waals surface area contributed by atoms with Gasteiger partial charge in [-0.05, 0) is 24.5 Å². The topological polar surface area (TPSA) is 41.1 Å². The minimum atomic E-state index is -0.222. The Balaban J connectivity index is 2.39. The maximum atomic E-state index is 11.7. The number of rotatable bonds is 6. The molecule has 1 aromatic rings. The lowest BCUT2D eigenvalue weighted by molar-refractivity contribution is -0.122. The van der Waals surface area contributed by atoms with Crippen molar-refractivity contribution in [3.05, 3.63) is 34.9 Å². The van der Waals surface area contributed by atoms with Crippen LogP contribution < -0.4 is 10.6 Å². The van der Waals surface area contributed by atoms with E-state index in [2.05, 4.69) is 24.5 Å². The Bertz CT molecular complexity index is 393. The van der Waals surface area contributed by atoms with E-state index in [0.29, 0.717) is 19.0 Å². The molecule has 4 heteroatoms. The predicted molar refractivity (Wildman–Crippen MR) is 75.6 cm³/mol. The first-order valence-corrected chi connectivity index (χ1v) is 6.63. The Kier molecular flexibility index (Phi) is 6.16. The molecule has 0 aromatic heterocycles. The average Bonchev–Trinajstić information content (AvgIpc) is 2.34. The van der Waals surface area contributed by atoms with E-state index in [4.69, 9.17) is 11.6 Å². The fourth-order valence-corrected chi connectivity index (χ4v) is 1.66. The van der Waals surface area contributed by atoms with E-state index >= 15 is 0 Å². The zero-order chi connectivity index (χ0) is 13.5. The highest BCUT2D eigenvalue weighted by Crippen LogP contribution is 2.14. The van der Waals surface area contributed by atoms with Crippen molar-refractivity contribution in [3.8, 4) is 0 Å². The Labute approximate surface area is 114 Å². The van der Waals surface area contributed by atoms with Crippen molar-refractivity contribution in [2.75, 3.05) is 6.54 Å². The SMILES string of the molecule is CC(C)CNC(=O)C(C)NCc1ccccc1Cl. The molecule has 0 heterocycles. The molecule has 0 radical (unpaired) electrons. The molecule has 2 N–H and O–H groups in total. The zero-order valence-electron chi connectivity index (χ0n) is 11.2. The molecular formula is C14H21ClN2O.